The van der Waals surface area contributed by atoms with Crippen LogP contribution in [0.3, 0.4) is 0 Å². The second kappa shape index (κ2) is 16.0. The van der Waals surface area contributed by atoms with Crippen molar-refractivity contribution < 1.29 is 44.3 Å². The number of benzene rings is 2. The average Bonchev–Trinajstić information content (AvgIpc) is 2.94. The van der Waals surface area contributed by atoms with Crippen LogP contribution in [0.15, 0.2) is 42.5 Å². The lowest BCUT2D eigenvalue weighted by atomic mass is 9.98. The lowest BCUT2D eigenvalue weighted by Gasteiger charge is -2.41. The number of nitrogens with zero attached hydrogens (tertiary/aromatic N) is 3. The summed E-state index contributed by atoms with van der Waals surface area (Å²) in [5, 5.41) is 0. The monoisotopic (exact) mass is 709 g/mol. The van der Waals surface area contributed by atoms with Crippen molar-refractivity contribution in [2.45, 2.75) is 31.0 Å². The van der Waals surface area contributed by atoms with Crippen LogP contribution < -0.4 is 0 Å². The highest BCUT2D eigenvalue weighted by Crippen LogP contribution is 2.37. The summed E-state index contributed by atoms with van der Waals surface area (Å²) in [6.07, 6.45) is -14.8. The number of carbonyl (C=O) groups is 1. The van der Waals surface area contributed by atoms with Gasteiger partial charge in [0.05, 0.1) is 29.8 Å². The highest BCUT2D eigenvalue weighted by molar-refractivity contribution is 7.99. The van der Waals surface area contributed by atoms with Crippen LogP contribution in [0.2, 0.25) is 0 Å². The predicted octanol–water partition coefficient (Wildman–Crippen LogP) is 7.01. The Morgan fingerprint density at radius 3 is 1.73 bits per heavy atom. The predicted molar refractivity (Wildman–Crippen MR) is 159 cm³/mol. The van der Waals surface area contributed by atoms with Gasteiger partial charge < -0.3 is 4.90 Å². The van der Waals surface area contributed by atoms with Gasteiger partial charge in [0.15, 0.2) is 0 Å². The fraction of sp³-hybridized carbons (Fsp3) is 0.483. The molecule has 2 aliphatic heterocycles. The molecule has 4 nitrogen and oxygen atoms in total. The number of hydrogen-bond donors (Lipinski definition) is 0. The lowest BCUT2D eigenvalue weighted by Crippen LogP contribution is -2.56. The minimum absolute atomic E-state index is 0. The van der Waals surface area contributed by atoms with E-state index in [0.29, 0.717) is 30.8 Å². The third-order valence-electron chi connectivity index (χ3n) is 7.25. The molecule has 45 heavy (non-hydrogen) atoms. The number of alkyl halides is 9. The Labute approximate surface area is 271 Å². The van der Waals surface area contributed by atoms with Gasteiger partial charge in [0, 0.05) is 55.8 Å². The second-order valence-electron chi connectivity index (χ2n) is 10.3. The van der Waals surface area contributed by atoms with Gasteiger partial charge in [-0.1, -0.05) is 24.0 Å². The van der Waals surface area contributed by atoms with Crippen LogP contribution in [0, 0.1) is 11.8 Å². The first-order valence-electron chi connectivity index (χ1n) is 13.4. The summed E-state index contributed by atoms with van der Waals surface area (Å²) >= 11 is 1.87. The standard InChI is InChI=1S/C29H28F9N3OS.2ClH/c30-27(31,32)22-5-3-20(4-6-22)15-25-19-40(8-2-1-7-39-11-13-43-14-12-39)9-10-41(25)26(42)21-16-23(28(33,34)35)18-24(17-21)29(36,37)38;;/h3-6,16-18,25H,7-15,19H2;2*1H/t25-;;/m1../s1. The largest absolute Gasteiger partial charge is 0.416 e. The summed E-state index contributed by atoms with van der Waals surface area (Å²) in [4.78, 5) is 18.8. The Morgan fingerprint density at radius 1 is 0.711 bits per heavy atom. The van der Waals surface area contributed by atoms with Crippen LogP contribution in [0.1, 0.15) is 32.6 Å². The van der Waals surface area contributed by atoms with Crippen LogP contribution in [0.4, 0.5) is 39.5 Å². The molecule has 1 amide bonds. The molecule has 0 spiro atoms. The van der Waals surface area contributed by atoms with E-state index in [-0.39, 0.29) is 56.9 Å². The number of thioether (sulfide) groups is 1. The molecule has 2 aromatic carbocycles. The normalized spacial score (nSPS) is 18.3. The van der Waals surface area contributed by atoms with Crippen LogP contribution in [-0.2, 0) is 24.9 Å². The minimum atomic E-state index is -5.12. The quantitative estimate of drug-likeness (QED) is 0.247. The van der Waals surface area contributed by atoms with E-state index in [1.54, 1.807) is 0 Å². The molecule has 2 saturated heterocycles. The third-order valence-corrected chi connectivity index (χ3v) is 8.19. The van der Waals surface area contributed by atoms with Gasteiger partial charge in [-0.3, -0.25) is 14.6 Å². The van der Waals surface area contributed by atoms with Crippen molar-refractivity contribution in [1.82, 2.24) is 14.7 Å². The molecule has 16 heteroatoms. The van der Waals surface area contributed by atoms with Crippen molar-refractivity contribution in [2.24, 2.45) is 0 Å². The van der Waals surface area contributed by atoms with Gasteiger partial charge in [0.25, 0.3) is 5.91 Å². The molecule has 1 atom stereocenters. The van der Waals surface area contributed by atoms with E-state index in [2.05, 4.69) is 16.7 Å². The molecule has 0 radical (unpaired) electrons. The summed E-state index contributed by atoms with van der Waals surface area (Å²) in [6.45, 7) is 3.18. The zero-order valence-corrected chi connectivity index (χ0v) is 26.0. The SMILES string of the molecule is Cl.Cl.O=C(c1cc(C(F)(F)F)cc(C(F)(F)F)c1)N1CCN(CC#CCN2CCSCC2)C[C@H]1Cc1ccc(C(F)(F)F)cc1. The van der Waals surface area contributed by atoms with Crippen molar-refractivity contribution in [3.05, 3.63) is 70.3 Å². The number of hydrogen-bond acceptors (Lipinski definition) is 4. The molecular formula is C29H30Cl2F9N3OS. The van der Waals surface area contributed by atoms with Gasteiger partial charge in [-0.2, -0.15) is 51.3 Å². The van der Waals surface area contributed by atoms with E-state index >= 15 is 0 Å². The minimum Gasteiger partial charge on any atom is -0.333 e. The van der Waals surface area contributed by atoms with E-state index in [1.807, 2.05) is 16.7 Å². The first-order chi connectivity index (χ1) is 20.1. The van der Waals surface area contributed by atoms with E-state index in [1.165, 1.54) is 17.0 Å². The van der Waals surface area contributed by atoms with Crippen LogP contribution >= 0.6 is 36.6 Å². The second-order valence-corrected chi connectivity index (χ2v) is 11.5. The molecule has 0 N–H and O–H groups in total. The molecular weight excluding hydrogens is 680 g/mol. The molecule has 250 valence electrons. The van der Waals surface area contributed by atoms with Crippen molar-refractivity contribution in [3.8, 4) is 11.8 Å². The Kier molecular flexibility index (Phi) is 13.8. The van der Waals surface area contributed by atoms with Crippen molar-refractivity contribution >= 4 is 42.5 Å². The molecule has 4 rings (SSSR count). The lowest BCUT2D eigenvalue weighted by molar-refractivity contribution is -0.143. The summed E-state index contributed by atoms with van der Waals surface area (Å²) in [5.74, 6) is 7.23. The van der Waals surface area contributed by atoms with Gasteiger partial charge in [0.1, 0.15) is 0 Å². The summed E-state index contributed by atoms with van der Waals surface area (Å²) in [6, 6.07) is 4.25. The van der Waals surface area contributed by atoms with Crippen molar-refractivity contribution in [2.75, 3.05) is 57.3 Å². The fourth-order valence-corrected chi connectivity index (χ4v) is 5.92. The maximum atomic E-state index is 13.5. The maximum absolute atomic E-state index is 13.5. The van der Waals surface area contributed by atoms with Crippen molar-refractivity contribution in [3.63, 3.8) is 0 Å². The molecule has 0 aliphatic carbocycles. The first-order valence-corrected chi connectivity index (χ1v) is 14.5. The Bertz CT molecular complexity index is 1300. The first kappa shape index (κ1) is 38.9. The third kappa shape index (κ3) is 10.9. The fourth-order valence-electron chi connectivity index (χ4n) is 4.95. The Morgan fingerprint density at radius 2 is 1.22 bits per heavy atom. The Hall–Kier alpha value is -2.31. The molecule has 2 aliphatic rings. The topological polar surface area (TPSA) is 26.8 Å². The molecule has 0 saturated carbocycles. The van der Waals surface area contributed by atoms with Gasteiger partial charge >= 0.3 is 18.5 Å². The van der Waals surface area contributed by atoms with Gasteiger partial charge in [0.2, 0.25) is 0 Å². The number of amides is 1. The number of carbonyl (C=O) groups excluding carboxylic acids is 1. The Balaban J connectivity index is 0.00000353. The van der Waals surface area contributed by atoms with Gasteiger partial charge in [-0.25, -0.2) is 0 Å². The van der Waals surface area contributed by atoms with E-state index < -0.39 is 52.7 Å². The summed E-state index contributed by atoms with van der Waals surface area (Å²) in [7, 11) is 0. The smallest absolute Gasteiger partial charge is 0.333 e. The van der Waals surface area contributed by atoms with E-state index in [4.69, 9.17) is 0 Å². The van der Waals surface area contributed by atoms with E-state index in [9.17, 15) is 44.3 Å². The number of piperazine rings is 1. The summed E-state index contributed by atoms with van der Waals surface area (Å²) < 4.78 is 120. The number of halogens is 11. The maximum Gasteiger partial charge on any atom is 0.416 e. The van der Waals surface area contributed by atoms with Gasteiger partial charge in [-0.15, -0.1) is 24.8 Å². The molecule has 2 fully saturated rings. The highest BCUT2D eigenvalue weighted by Gasteiger charge is 2.39. The van der Waals surface area contributed by atoms with Crippen LogP contribution in [-0.4, -0.2) is 84.0 Å². The zero-order chi connectivity index (χ0) is 31.4. The van der Waals surface area contributed by atoms with E-state index in [0.717, 1.165) is 36.7 Å². The molecule has 0 unspecified atom stereocenters. The van der Waals surface area contributed by atoms with Gasteiger partial charge in [-0.05, 0) is 42.3 Å². The van der Waals surface area contributed by atoms with Crippen LogP contribution in [0.5, 0.6) is 0 Å². The summed E-state index contributed by atoms with van der Waals surface area (Å²) in [5.41, 5.74) is -4.43. The highest BCUT2D eigenvalue weighted by atomic mass is 35.5. The van der Waals surface area contributed by atoms with Crippen LogP contribution in [0.25, 0.3) is 0 Å². The average molecular weight is 711 g/mol. The molecule has 0 aromatic heterocycles. The molecule has 0 bridgehead atoms. The van der Waals surface area contributed by atoms with Crippen molar-refractivity contribution in [1.29, 1.82) is 0 Å². The molecule has 2 heterocycles. The number of rotatable bonds is 5. The zero-order valence-electron chi connectivity index (χ0n) is 23.6. The molecule has 2 aromatic rings.